The van der Waals surface area contributed by atoms with Crippen molar-refractivity contribution < 1.29 is 19.7 Å². The molecule has 2 unspecified atom stereocenters. The molecule has 29 heavy (non-hydrogen) atoms. The number of nitrogens with one attached hydrogen (secondary N) is 1. The van der Waals surface area contributed by atoms with Crippen LogP contribution < -0.4 is 5.32 Å². The number of aliphatic hydroxyl groups excluding tert-OH is 2. The van der Waals surface area contributed by atoms with Gasteiger partial charge in [-0.05, 0) is 28.7 Å². The molecule has 1 aliphatic rings. The molecule has 2 atom stereocenters. The number of ether oxygens (including phenoxy) is 1. The molecule has 1 aromatic heterocycles. The summed E-state index contributed by atoms with van der Waals surface area (Å²) < 4.78 is 5.45. The smallest absolute Gasteiger partial charge is 0.407 e. The Balaban J connectivity index is 1.29. The van der Waals surface area contributed by atoms with Gasteiger partial charge in [0.15, 0.2) is 0 Å². The van der Waals surface area contributed by atoms with Gasteiger partial charge < -0.3 is 20.3 Å². The SMILES string of the molecule is O=C(NCCC(O)C(O)c1nccs1)OCC1c2ccccc2-c2ccccc21. The summed E-state index contributed by atoms with van der Waals surface area (Å²) in [7, 11) is 0. The fourth-order valence-corrected chi connectivity index (χ4v) is 4.35. The molecule has 0 aliphatic heterocycles. The van der Waals surface area contributed by atoms with Crippen LogP contribution in [0.2, 0.25) is 0 Å². The molecular formula is C22H22N2O4S. The number of hydrogen-bond acceptors (Lipinski definition) is 6. The molecule has 0 saturated heterocycles. The Hall–Kier alpha value is -2.74. The van der Waals surface area contributed by atoms with Gasteiger partial charge in [0.05, 0.1) is 6.10 Å². The highest BCUT2D eigenvalue weighted by Gasteiger charge is 2.29. The van der Waals surface area contributed by atoms with Gasteiger partial charge in [0.2, 0.25) is 0 Å². The number of amides is 1. The van der Waals surface area contributed by atoms with Crippen molar-refractivity contribution in [2.45, 2.75) is 24.5 Å². The number of carbonyl (C=O) groups excluding carboxylic acids is 1. The van der Waals surface area contributed by atoms with Crippen LogP contribution in [0.5, 0.6) is 0 Å². The van der Waals surface area contributed by atoms with E-state index in [2.05, 4.69) is 34.6 Å². The van der Waals surface area contributed by atoms with Crippen LogP contribution in [-0.2, 0) is 4.74 Å². The van der Waals surface area contributed by atoms with E-state index in [1.165, 1.54) is 22.5 Å². The van der Waals surface area contributed by atoms with E-state index in [4.69, 9.17) is 4.74 Å². The molecule has 7 heteroatoms. The third-order valence-electron chi connectivity index (χ3n) is 5.12. The lowest BCUT2D eigenvalue weighted by molar-refractivity contribution is 0.0135. The predicted molar refractivity (Wildman–Crippen MR) is 111 cm³/mol. The van der Waals surface area contributed by atoms with Crippen molar-refractivity contribution in [2.75, 3.05) is 13.2 Å². The highest BCUT2D eigenvalue weighted by molar-refractivity contribution is 7.09. The van der Waals surface area contributed by atoms with Gasteiger partial charge in [-0.15, -0.1) is 11.3 Å². The number of carbonyl (C=O) groups is 1. The minimum absolute atomic E-state index is 0.00506. The number of aromatic nitrogens is 1. The first-order chi connectivity index (χ1) is 14.1. The maximum absolute atomic E-state index is 12.1. The lowest BCUT2D eigenvalue weighted by Gasteiger charge is -2.17. The summed E-state index contributed by atoms with van der Waals surface area (Å²) in [5.41, 5.74) is 4.67. The number of rotatable bonds is 7. The van der Waals surface area contributed by atoms with Crippen LogP contribution in [-0.4, -0.2) is 40.5 Å². The third kappa shape index (κ3) is 4.17. The molecule has 0 fully saturated rings. The molecule has 3 aromatic rings. The molecule has 1 amide bonds. The van der Waals surface area contributed by atoms with E-state index in [1.54, 1.807) is 11.6 Å². The maximum Gasteiger partial charge on any atom is 0.407 e. The van der Waals surface area contributed by atoms with E-state index in [9.17, 15) is 15.0 Å². The van der Waals surface area contributed by atoms with Crippen molar-refractivity contribution in [3.05, 3.63) is 76.2 Å². The van der Waals surface area contributed by atoms with E-state index in [0.29, 0.717) is 5.01 Å². The second-order valence-electron chi connectivity index (χ2n) is 6.92. The molecule has 150 valence electrons. The van der Waals surface area contributed by atoms with Crippen molar-refractivity contribution in [2.24, 2.45) is 0 Å². The van der Waals surface area contributed by atoms with Gasteiger partial charge in [0.1, 0.15) is 17.7 Å². The average molecular weight is 410 g/mol. The molecule has 0 bridgehead atoms. The fourth-order valence-electron chi connectivity index (χ4n) is 3.67. The number of aliphatic hydroxyl groups is 2. The van der Waals surface area contributed by atoms with Crippen molar-refractivity contribution >= 4 is 17.4 Å². The Morgan fingerprint density at radius 1 is 1.10 bits per heavy atom. The molecule has 0 saturated carbocycles. The van der Waals surface area contributed by atoms with Gasteiger partial charge in [-0.1, -0.05) is 48.5 Å². The second kappa shape index (κ2) is 8.73. The van der Waals surface area contributed by atoms with Crippen LogP contribution in [0, 0.1) is 0 Å². The summed E-state index contributed by atoms with van der Waals surface area (Å²) in [6.45, 7) is 0.435. The summed E-state index contributed by atoms with van der Waals surface area (Å²) in [5, 5.41) is 24.9. The summed E-state index contributed by atoms with van der Waals surface area (Å²) in [6.07, 6.45) is -0.826. The first kappa shape index (κ1) is 19.6. The molecule has 2 aromatic carbocycles. The van der Waals surface area contributed by atoms with Crippen LogP contribution in [0.15, 0.2) is 60.1 Å². The van der Waals surface area contributed by atoms with E-state index in [-0.39, 0.29) is 25.5 Å². The lowest BCUT2D eigenvalue weighted by atomic mass is 9.98. The topological polar surface area (TPSA) is 91.7 Å². The fraction of sp³-hybridized carbons (Fsp3) is 0.273. The zero-order valence-corrected chi connectivity index (χ0v) is 16.5. The standard InChI is InChI=1S/C22H22N2O4S/c25-19(20(26)21-23-11-12-29-21)9-10-24-22(27)28-13-18-16-7-3-1-5-14(16)15-6-2-4-8-17(15)18/h1-8,11-12,18-20,25-26H,9-10,13H2,(H,24,27). The van der Waals surface area contributed by atoms with Crippen molar-refractivity contribution in [1.29, 1.82) is 0 Å². The normalized spacial score (nSPS) is 14.7. The monoisotopic (exact) mass is 410 g/mol. The molecule has 0 radical (unpaired) electrons. The molecule has 0 spiro atoms. The van der Waals surface area contributed by atoms with E-state index < -0.39 is 18.3 Å². The molecular weight excluding hydrogens is 388 g/mol. The number of hydrogen-bond donors (Lipinski definition) is 3. The Bertz CT molecular complexity index is 931. The summed E-state index contributed by atoms with van der Waals surface area (Å²) in [5.74, 6) is 0.00506. The van der Waals surface area contributed by atoms with E-state index >= 15 is 0 Å². The highest BCUT2D eigenvalue weighted by Crippen LogP contribution is 2.44. The number of alkyl carbamates (subject to hydrolysis) is 1. The minimum Gasteiger partial charge on any atom is -0.449 e. The summed E-state index contributed by atoms with van der Waals surface area (Å²) in [6, 6.07) is 16.3. The second-order valence-corrected chi connectivity index (χ2v) is 7.85. The first-order valence-electron chi connectivity index (χ1n) is 9.49. The predicted octanol–water partition coefficient (Wildman–Crippen LogP) is 3.47. The van der Waals surface area contributed by atoms with Gasteiger partial charge in [-0.2, -0.15) is 0 Å². The van der Waals surface area contributed by atoms with E-state index in [1.807, 2.05) is 24.3 Å². The number of benzene rings is 2. The number of thiazole rings is 1. The van der Waals surface area contributed by atoms with Crippen LogP contribution in [0.1, 0.15) is 34.6 Å². The highest BCUT2D eigenvalue weighted by atomic mass is 32.1. The van der Waals surface area contributed by atoms with Crippen LogP contribution in [0.3, 0.4) is 0 Å². The average Bonchev–Trinajstić information content (AvgIpc) is 3.38. The maximum atomic E-state index is 12.1. The Morgan fingerprint density at radius 2 is 1.76 bits per heavy atom. The molecule has 6 nitrogen and oxygen atoms in total. The lowest BCUT2D eigenvalue weighted by Crippen LogP contribution is -2.30. The first-order valence-corrected chi connectivity index (χ1v) is 10.4. The van der Waals surface area contributed by atoms with E-state index in [0.717, 1.165) is 11.1 Å². The summed E-state index contributed by atoms with van der Waals surface area (Å²) in [4.78, 5) is 16.1. The van der Waals surface area contributed by atoms with Crippen LogP contribution in [0.25, 0.3) is 11.1 Å². The van der Waals surface area contributed by atoms with Gasteiger partial charge in [0.25, 0.3) is 0 Å². The van der Waals surface area contributed by atoms with Crippen LogP contribution >= 0.6 is 11.3 Å². The molecule has 3 N–H and O–H groups in total. The quantitative estimate of drug-likeness (QED) is 0.555. The summed E-state index contributed by atoms with van der Waals surface area (Å²) >= 11 is 1.28. The molecule has 1 aliphatic carbocycles. The molecule has 4 rings (SSSR count). The number of nitrogens with zero attached hydrogens (tertiary/aromatic N) is 1. The largest absolute Gasteiger partial charge is 0.449 e. The van der Waals surface area contributed by atoms with Crippen molar-refractivity contribution in [3.8, 4) is 11.1 Å². The third-order valence-corrected chi connectivity index (χ3v) is 5.97. The Kier molecular flexibility index (Phi) is 5.89. The minimum atomic E-state index is -1.06. The van der Waals surface area contributed by atoms with Gasteiger partial charge >= 0.3 is 6.09 Å². The zero-order valence-electron chi connectivity index (χ0n) is 15.7. The van der Waals surface area contributed by atoms with Crippen molar-refractivity contribution in [3.63, 3.8) is 0 Å². The Morgan fingerprint density at radius 3 is 2.38 bits per heavy atom. The van der Waals surface area contributed by atoms with Gasteiger partial charge in [0, 0.05) is 24.0 Å². The van der Waals surface area contributed by atoms with Crippen molar-refractivity contribution in [1.82, 2.24) is 10.3 Å². The van der Waals surface area contributed by atoms with Gasteiger partial charge in [-0.3, -0.25) is 0 Å². The van der Waals surface area contributed by atoms with Crippen LogP contribution in [0.4, 0.5) is 4.79 Å². The van der Waals surface area contributed by atoms with Gasteiger partial charge in [-0.25, -0.2) is 9.78 Å². The molecule has 1 heterocycles. The zero-order chi connectivity index (χ0) is 20.2. The Labute approximate surface area is 172 Å². The number of fused-ring (bicyclic) bond motifs is 3.